The van der Waals surface area contributed by atoms with Gasteiger partial charge in [0.1, 0.15) is 11.2 Å². The van der Waals surface area contributed by atoms with Gasteiger partial charge in [0.25, 0.3) is 0 Å². The summed E-state index contributed by atoms with van der Waals surface area (Å²) >= 11 is 0. The van der Waals surface area contributed by atoms with Crippen LogP contribution in [0, 0.1) is 0 Å². The standard InChI is InChI=1S/C28H54O7/c1-23(2)32-17-13-9-11-15-25(29)27(5,6)34-21-19-31-20-22-35-28(7,8)26(30)16-12-10-14-18-33-24(3)4/h23-24H,9-22H2,1-8H3. The number of unbranched alkanes of at least 4 members (excludes halogenated alkanes) is 4. The third-order valence-electron chi connectivity index (χ3n) is 5.72. The van der Waals surface area contributed by atoms with E-state index in [1.165, 1.54) is 0 Å². The van der Waals surface area contributed by atoms with E-state index in [2.05, 4.69) is 0 Å². The van der Waals surface area contributed by atoms with Crippen molar-refractivity contribution in [2.24, 2.45) is 0 Å². The maximum Gasteiger partial charge on any atom is 0.164 e. The van der Waals surface area contributed by atoms with Crippen LogP contribution in [-0.4, -0.2) is 74.6 Å². The van der Waals surface area contributed by atoms with Gasteiger partial charge in [-0.3, -0.25) is 9.59 Å². The predicted molar refractivity (Wildman–Crippen MR) is 140 cm³/mol. The zero-order valence-corrected chi connectivity index (χ0v) is 23.9. The van der Waals surface area contributed by atoms with Crippen molar-refractivity contribution in [2.45, 2.75) is 130 Å². The lowest BCUT2D eigenvalue weighted by Gasteiger charge is -2.25. The molecule has 0 aromatic rings. The number of carbonyl (C=O) groups is 2. The van der Waals surface area contributed by atoms with E-state index in [1.54, 1.807) is 0 Å². The third kappa shape index (κ3) is 19.0. The Morgan fingerprint density at radius 1 is 0.543 bits per heavy atom. The lowest BCUT2D eigenvalue weighted by atomic mass is 9.98. The molecule has 208 valence electrons. The monoisotopic (exact) mass is 502 g/mol. The van der Waals surface area contributed by atoms with Gasteiger partial charge in [0.05, 0.1) is 38.6 Å². The molecule has 0 saturated carbocycles. The Morgan fingerprint density at radius 3 is 1.26 bits per heavy atom. The van der Waals surface area contributed by atoms with Crippen molar-refractivity contribution in [3.05, 3.63) is 0 Å². The van der Waals surface area contributed by atoms with Crippen LogP contribution in [0.4, 0.5) is 0 Å². The molecule has 0 rings (SSSR count). The Morgan fingerprint density at radius 2 is 0.914 bits per heavy atom. The first-order valence-corrected chi connectivity index (χ1v) is 13.5. The molecule has 0 unspecified atom stereocenters. The molecule has 0 fully saturated rings. The molecule has 0 radical (unpaired) electrons. The van der Waals surface area contributed by atoms with Gasteiger partial charge in [-0.15, -0.1) is 0 Å². The van der Waals surface area contributed by atoms with Gasteiger partial charge in [-0.1, -0.05) is 12.8 Å². The molecule has 7 heteroatoms. The van der Waals surface area contributed by atoms with Gasteiger partial charge in [-0.25, -0.2) is 0 Å². The van der Waals surface area contributed by atoms with Crippen molar-refractivity contribution < 1.29 is 33.3 Å². The molecule has 0 aliphatic carbocycles. The highest BCUT2D eigenvalue weighted by atomic mass is 16.6. The lowest BCUT2D eigenvalue weighted by molar-refractivity contribution is -0.145. The third-order valence-corrected chi connectivity index (χ3v) is 5.72. The van der Waals surface area contributed by atoms with Crippen molar-refractivity contribution >= 4 is 11.6 Å². The topological polar surface area (TPSA) is 80.3 Å². The molecular formula is C28H54O7. The largest absolute Gasteiger partial charge is 0.379 e. The first-order chi connectivity index (χ1) is 16.4. The molecule has 0 amide bonds. The summed E-state index contributed by atoms with van der Waals surface area (Å²) in [5, 5.41) is 0. The van der Waals surface area contributed by atoms with E-state index in [0.717, 1.165) is 51.7 Å². The van der Waals surface area contributed by atoms with Gasteiger partial charge in [-0.2, -0.15) is 0 Å². The minimum absolute atomic E-state index is 0.110. The summed E-state index contributed by atoms with van der Waals surface area (Å²) in [6.07, 6.45) is 7.12. The highest BCUT2D eigenvalue weighted by Gasteiger charge is 2.28. The first-order valence-electron chi connectivity index (χ1n) is 13.5. The van der Waals surface area contributed by atoms with Crippen molar-refractivity contribution in [3.63, 3.8) is 0 Å². The number of hydrogen-bond acceptors (Lipinski definition) is 7. The fourth-order valence-electron chi connectivity index (χ4n) is 3.34. The highest BCUT2D eigenvalue weighted by Crippen LogP contribution is 2.17. The maximum atomic E-state index is 12.4. The summed E-state index contributed by atoms with van der Waals surface area (Å²) in [6, 6.07) is 0. The zero-order chi connectivity index (χ0) is 26.7. The van der Waals surface area contributed by atoms with Gasteiger partial charge in [0.15, 0.2) is 11.6 Å². The van der Waals surface area contributed by atoms with Crippen molar-refractivity contribution in [1.82, 2.24) is 0 Å². The Kier molecular flexibility index (Phi) is 18.8. The number of ether oxygens (including phenoxy) is 5. The van der Waals surface area contributed by atoms with Crippen LogP contribution in [-0.2, 0) is 33.3 Å². The van der Waals surface area contributed by atoms with Crippen LogP contribution in [0.3, 0.4) is 0 Å². The highest BCUT2D eigenvalue weighted by molar-refractivity contribution is 5.86. The SMILES string of the molecule is CC(C)OCCCCCC(=O)C(C)(C)OCCOCCOC(C)(C)C(=O)CCCCCOC(C)C. The average molecular weight is 503 g/mol. The van der Waals surface area contributed by atoms with Gasteiger partial charge in [0.2, 0.25) is 0 Å². The molecule has 35 heavy (non-hydrogen) atoms. The number of carbonyl (C=O) groups excluding carboxylic acids is 2. The van der Waals surface area contributed by atoms with Crippen LogP contribution in [0.5, 0.6) is 0 Å². The van der Waals surface area contributed by atoms with Gasteiger partial charge in [-0.05, 0) is 81.1 Å². The van der Waals surface area contributed by atoms with E-state index < -0.39 is 11.2 Å². The smallest absolute Gasteiger partial charge is 0.164 e. The predicted octanol–water partition coefficient (Wildman–Crippen LogP) is 5.70. The van der Waals surface area contributed by atoms with E-state index in [9.17, 15) is 9.59 Å². The van der Waals surface area contributed by atoms with Crippen LogP contribution in [0.15, 0.2) is 0 Å². The van der Waals surface area contributed by atoms with Crippen LogP contribution < -0.4 is 0 Å². The summed E-state index contributed by atoms with van der Waals surface area (Å²) in [5.74, 6) is 0.219. The number of rotatable bonds is 24. The zero-order valence-electron chi connectivity index (χ0n) is 23.9. The van der Waals surface area contributed by atoms with Crippen molar-refractivity contribution in [3.8, 4) is 0 Å². The molecule has 0 atom stereocenters. The average Bonchev–Trinajstić information content (AvgIpc) is 2.76. The molecule has 0 heterocycles. The summed E-state index contributed by atoms with van der Waals surface area (Å²) in [6.45, 7) is 18.3. The quantitative estimate of drug-likeness (QED) is 0.157. The summed E-state index contributed by atoms with van der Waals surface area (Å²) in [5.41, 5.74) is -1.63. The molecule has 0 N–H and O–H groups in total. The van der Waals surface area contributed by atoms with E-state index in [4.69, 9.17) is 23.7 Å². The molecule has 0 spiro atoms. The minimum atomic E-state index is -0.816. The molecular weight excluding hydrogens is 448 g/mol. The molecule has 0 aromatic heterocycles. The Labute approximate surface area is 214 Å². The van der Waals surface area contributed by atoms with Crippen LogP contribution in [0.2, 0.25) is 0 Å². The molecule has 7 nitrogen and oxygen atoms in total. The fourth-order valence-corrected chi connectivity index (χ4v) is 3.34. The molecule has 0 aliphatic rings. The van der Waals surface area contributed by atoms with Crippen LogP contribution in [0.25, 0.3) is 0 Å². The Hall–Kier alpha value is -0.860. The van der Waals surface area contributed by atoms with Gasteiger partial charge < -0.3 is 23.7 Å². The summed E-state index contributed by atoms with van der Waals surface area (Å²) in [7, 11) is 0. The van der Waals surface area contributed by atoms with E-state index in [0.29, 0.717) is 39.3 Å². The normalized spacial score (nSPS) is 12.6. The summed E-state index contributed by atoms with van der Waals surface area (Å²) < 4.78 is 28.2. The van der Waals surface area contributed by atoms with Crippen molar-refractivity contribution in [2.75, 3.05) is 39.6 Å². The fraction of sp³-hybridized carbons (Fsp3) is 0.929. The number of hydrogen-bond donors (Lipinski definition) is 0. The van der Waals surface area contributed by atoms with E-state index in [1.807, 2.05) is 55.4 Å². The molecule has 0 bridgehead atoms. The second-order valence-electron chi connectivity index (χ2n) is 10.6. The van der Waals surface area contributed by atoms with Crippen LogP contribution in [0.1, 0.15) is 107 Å². The van der Waals surface area contributed by atoms with Crippen LogP contribution >= 0.6 is 0 Å². The van der Waals surface area contributed by atoms with Gasteiger partial charge in [0, 0.05) is 26.1 Å². The Bertz CT molecular complexity index is 508. The van der Waals surface area contributed by atoms with E-state index in [-0.39, 0.29) is 23.8 Å². The number of ketones is 2. The molecule has 0 saturated heterocycles. The lowest BCUT2D eigenvalue weighted by Crippen LogP contribution is -2.37. The Balaban J connectivity index is 3.85. The van der Waals surface area contributed by atoms with Gasteiger partial charge >= 0.3 is 0 Å². The maximum absolute atomic E-state index is 12.4. The minimum Gasteiger partial charge on any atom is -0.379 e. The number of Topliss-reactive ketones (excluding diaryl/α,β-unsaturated/α-hetero) is 2. The second-order valence-corrected chi connectivity index (χ2v) is 10.6. The summed E-state index contributed by atoms with van der Waals surface area (Å²) in [4.78, 5) is 24.9. The first kappa shape index (κ1) is 34.1. The van der Waals surface area contributed by atoms with Crippen molar-refractivity contribution in [1.29, 1.82) is 0 Å². The molecule has 0 aromatic carbocycles. The second kappa shape index (κ2) is 19.3. The van der Waals surface area contributed by atoms with E-state index >= 15 is 0 Å². The molecule has 0 aliphatic heterocycles.